The summed E-state index contributed by atoms with van der Waals surface area (Å²) in [5.74, 6) is 0.856. The maximum absolute atomic E-state index is 4.69. The second-order valence-electron chi connectivity index (χ2n) is 6.01. The van der Waals surface area contributed by atoms with Crippen molar-refractivity contribution in [2.75, 3.05) is 24.5 Å². The van der Waals surface area contributed by atoms with E-state index in [2.05, 4.69) is 40.2 Å². The fourth-order valence-electron chi connectivity index (χ4n) is 3.00. The van der Waals surface area contributed by atoms with Crippen LogP contribution >= 0.6 is 0 Å². The monoisotopic (exact) mass is 287 g/mol. The Bertz CT molecular complexity index is 585. The molecule has 1 fully saturated rings. The first-order valence-corrected chi connectivity index (χ1v) is 8.07. The van der Waals surface area contributed by atoms with Gasteiger partial charge in [-0.05, 0) is 44.4 Å². The Morgan fingerprint density at radius 2 is 2.29 bits per heavy atom. The molecular formula is C16H25N5. The lowest BCUT2D eigenvalue weighted by Crippen LogP contribution is -2.44. The van der Waals surface area contributed by atoms with Gasteiger partial charge in [0.05, 0.1) is 0 Å². The fraction of sp³-hybridized carbons (Fsp3) is 0.625. The van der Waals surface area contributed by atoms with Gasteiger partial charge in [0.1, 0.15) is 0 Å². The van der Waals surface area contributed by atoms with E-state index in [1.165, 1.54) is 24.8 Å². The molecule has 1 aliphatic heterocycles. The van der Waals surface area contributed by atoms with Crippen molar-refractivity contribution in [3.8, 4) is 0 Å². The number of pyridine rings is 1. The first-order chi connectivity index (χ1) is 10.3. The van der Waals surface area contributed by atoms with Gasteiger partial charge >= 0.3 is 0 Å². The third-order valence-corrected chi connectivity index (χ3v) is 4.10. The number of rotatable bonds is 5. The van der Waals surface area contributed by atoms with Gasteiger partial charge in [-0.15, -0.1) is 5.10 Å². The molecule has 114 valence electrons. The van der Waals surface area contributed by atoms with E-state index in [0.717, 1.165) is 37.7 Å². The molecule has 3 heterocycles. The molecule has 1 atom stereocenters. The Kier molecular flexibility index (Phi) is 4.39. The molecule has 0 radical (unpaired) electrons. The van der Waals surface area contributed by atoms with E-state index < -0.39 is 0 Å². The molecule has 1 saturated heterocycles. The Balaban J connectivity index is 1.80. The SMILES string of the molecule is CCCN(CC1CCCCN1)c1nc2ccc(C)cn2n1. The predicted octanol–water partition coefficient (Wildman–Crippen LogP) is 2.40. The Hall–Kier alpha value is -1.62. The minimum absolute atomic E-state index is 0.568. The Morgan fingerprint density at radius 1 is 1.38 bits per heavy atom. The number of nitrogens with one attached hydrogen (secondary N) is 1. The molecule has 0 saturated carbocycles. The van der Waals surface area contributed by atoms with Gasteiger partial charge in [-0.2, -0.15) is 4.98 Å². The zero-order chi connectivity index (χ0) is 14.7. The topological polar surface area (TPSA) is 45.5 Å². The standard InChI is InChI=1S/C16H25N5/c1-3-10-20(12-14-6-4-5-9-17-14)16-18-15-8-7-13(2)11-21(15)19-16/h7-8,11,14,17H,3-6,9-10,12H2,1-2H3. The zero-order valence-electron chi connectivity index (χ0n) is 13.0. The average molecular weight is 287 g/mol. The number of aryl methyl sites for hydroxylation is 1. The third-order valence-electron chi connectivity index (χ3n) is 4.10. The summed E-state index contributed by atoms with van der Waals surface area (Å²) in [6.07, 6.45) is 7.04. The second-order valence-corrected chi connectivity index (χ2v) is 6.01. The lowest BCUT2D eigenvalue weighted by molar-refractivity contribution is 0.397. The van der Waals surface area contributed by atoms with Gasteiger partial charge in [-0.1, -0.05) is 19.4 Å². The van der Waals surface area contributed by atoms with E-state index >= 15 is 0 Å². The summed E-state index contributed by atoms with van der Waals surface area (Å²) in [5, 5.41) is 8.28. The minimum Gasteiger partial charge on any atom is -0.338 e. The van der Waals surface area contributed by atoms with Gasteiger partial charge in [-0.3, -0.25) is 0 Å². The molecule has 5 heteroatoms. The number of aromatic nitrogens is 3. The minimum atomic E-state index is 0.568. The molecule has 0 aliphatic carbocycles. The van der Waals surface area contributed by atoms with Crippen molar-refractivity contribution in [3.05, 3.63) is 23.9 Å². The first kappa shape index (κ1) is 14.3. The largest absolute Gasteiger partial charge is 0.338 e. The molecule has 0 amide bonds. The Labute approximate surface area is 126 Å². The van der Waals surface area contributed by atoms with Crippen molar-refractivity contribution in [2.24, 2.45) is 0 Å². The van der Waals surface area contributed by atoms with Crippen molar-refractivity contribution < 1.29 is 0 Å². The molecule has 0 bridgehead atoms. The number of piperidine rings is 1. The van der Waals surface area contributed by atoms with Gasteiger partial charge in [-0.25, -0.2) is 4.52 Å². The van der Waals surface area contributed by atoms with Gasteiger partial charge in [0.25, 0.3) is 0 Å². The van der Waals surface area contributed by atoms with Gasteiger partial charge in [0, 0.05) is 25.3 Å². The van der Waals surface area contributed by atoms with Crippen LogP contribution in [0.5, 0.6) is 0 Å². The second kappa shape index (κ2) is 6.43. The summed E-state index contributed by atoms with van der Waals surface area (Å²) in [6.45, 7) is 7.44. The van der Waals surface area contributed by atoms with Crippen molar-refractivity contribution in [3.63, 3.8) is 0 Å². The van der Waals surface area contributed by atoms with E-state index in [1.54, 1.807) is 0 Å². The van der Waals surface area contributed by atoms with Crippen LogP contribution in [0.15, 0.2) is 18.3 Å². The molecule has 21 heavy (non-hydrogen) atoms. The highest BCUT2D eigenvalue weighted by molar-refractivity contribution is 5.45. The highest BCUT2D eigenvalue weighted by atomic mass is 15.4. The number of fused-ring (bicyclic) bond motifs is 1. The number of hydrogen-bond donors (Lipinski definition) is 1. The summed E-state index contributed by atoms with van der Waals surface area (Å²) < 4.78 is 1.89. The van der Waals surface area contributed by atoms with Crippen LogP contribution in [0.3, 0.4) is 0 Å². The maximum atomic E-state index is 4.69. The lowest BCUT2D eigenvalue weighted by Gasteiger charge is -2.29. The van der Waals surface area contributed by atoms with E-state index in [4.69, 9.17) is 0 Å². The van der Waals surface area contributed by atoms with Crippen molar-refractivity contribution >= 4 is 11.6 Å². The molecule has 5 nitrogen and oxygen atoms in total. The van der Waals surface area contributed by atoms with Crippen molar-refractivity contribution in [1.82, 2.24) is 19.9 Å². The fourth-order valence-corrected chi connectivity index (χ4v) is 3.00. The van der Waals surface area contributed by atoms with E-state index in [9.17, 15) is 0 Å². The maximum Gasteiger partial charge on any atom is 0.245 e. The highest BCUT2D eigenvalue weighted by Crippen LogP contribution is 2.15. The van der Waals surface area contributed by atoms with Gasteiger partial charge in [0.2, 0.25) is 5.95 Å². The molecule has 3 rings (SSSR count). The van der Waals surface area contributed by atoms with Crippen LogP contribution in [0.1, 0.15) is 38.2 Å². The molecule has 2 aromatic rings. The summed E-state index contributed by atoms with van der Waals surface area (Å²) in [5.41, 5.74) is 2.13. The first-order valence-electron chi connectivity index (χ1n) is 8.07. The molecule has 0 aromatic carbocycles. The van der Waals surface area contributed by atoms with Crippen LogP contribution in [0.2, 0.25) is 0 Å². The van der Waals surface area contributed by atoms with Crippen LogP contribution in [-0.4, -0.2) is 40.3 Å². The molecular weight excluding hydrogens is 262 g/mol. The number of nitrogens with zero attached hydrogens (tertiary/aromatic N) is 4. The summed E-state index contributed by atoms with van der Waals surface area (Å²) in [4.78, 5) is 7.01. The normalized spacial score (nSPS) is 19.0. The van der Waals surface area contributed by atoms with E-state index in [0.29, 0.717) is 6.04 Å². The van der Waals surface area contributed by atoms with Crippen LogP contribution in [0.25, 0.3) is 5.65 Å². The molecule has 0 spiro atoms. The summed E-state index contributed by atoms with van der Waals surface area (Å²) in [6, 6.07) is 4.69. The molecule has 1 unspecified atom stereocenters. The van der Waals surface area contributed by atoms with Gasteiger partial charge < -0.3 is 10.2 Å². The zero-order valence-corrected chi connectivity index (χ0v) is 13.0. The van der Waals surface area contributed by atoms with Crippen LogP contribution < -0.4 is 10.2 Å². The van der Waals surface area contributed by atoms with Crippen molar-refractivity contribution in [2.45, 2.75) is 45.6 Å². The lowest BCUT2D eigenvalue weighted by atomic mass is 10.0. The third kappa shape index (κ3) is 3.35. The highest BCUT2D eigenvalue weighted by Gasteiger charge is 2.19. The van der Waals surface area contributed by atoms with Crippen molar-refractivity contribution in [1.29, 1.82) is 0 Å². The molecule has 1 N–H and O–H groups in total. The summed E-state index contributed by atoms with van der Waals surface area (Å²) in [7, 11) is 0. The number of anilines is 1. The van der Waals surface area contributed by atoms with Crippen LogP contribution in [0.4, 0.5) is 5.95 Å². The van der Waals surface area contributed by atoms with Crippen LogP contribution in [0, 0.1) is 6.92 Å². The average Bonchev–Trinajstić information content (AvgIpc) is 2.91. The predicted molar refractivity (Wildman–Crippen MR) is 85.9 cm³/mol. The Morgan fingerprint density at radius 3 is 3.05 bits per heavy atom. The summed E-state index contributed by atoms with van der Waals surface area (Å²) >= 11 is 0. The van der Waals surface area contributed by atoms with E-state index in [-0.39, 0.29) is 0 Å². The quantitative estimate of drug-likeness (QED) is 0.917. The van der Waals surface area contributed by atoms with E-state index in [1.807, 2.05) is 16.8 Å². The number of hydrogen-bond acceptors (Lipinski definition) is 4. The van der Waals surface area contributed by atoms with Gasteiger partial charge in [0.15, 0.2) is 5.65 Å². The smallest absolute Gasteiger partial charge is 0.245 e. The molecule has 1 aliphatic rings. The molecule has 2 aromatic heterocycles. The van der Waals surface area contributed by atoms with Crippen LogP contribution in [-0.2, 0) is 0 Å².